The second kappa shape index (κ2) is 11.6. The van der Waals surface area contributed by atoms with Crippen LogP contribution in [0.3, 0.4) is 0 Å². The van der Waals surface area contributed by atoms with Gasteiger partial charge in [-0.3, -0.25) is 0 Å². The van der Waals surface area contributed by atoms with Crippen LogP contribution in [0.5, 0.6) is 0 Å². The van der Waals surface area contributed by atoms with E-state index in [2.05, 4.69) is 37.6 Å². The Balaban J connectivity index is 1.10. The number of carbonyl (C=O) groups is 1. The van der Waals surface area contributed by atoms with Crippen LogP contribution in [-0.2, 0) is 22.4 Å². The van der Waals surface area contributed by atoms with Crippen LogP contribution in [-0.4, -0.2) is 75.9 Å². The lowest BCUT2D eigenvalue weighted by atomic mass is 10.1. The number of aryl methyl sites for hydroxylation is 1. The molecule has 2 atom stereocenters. The van der Waals surface area contributed by atoms with Crippen LogP contribution < -0.4 is 10.6 Å². The largest absolute Gasteiger partial charge is 0.480 e. The molecule has 2 aromatic heterocycles. The molecule has 2 aliphatic rings. The maximum atomic E-state index is 11.9. The summed E-state index contributed by atoms with van der Waals surface area (Å²) < 4.78 is 6.14. The predicted octanol–water partition coefficient (Wildman–Crippen LogP) is 3.36. The number of pyridine rings is 1. The van der Waals surface area contributed by atoms with Crippen molar-refractivity contribution in [3.8, 4) is 0 Å². The summed E-state index contributed by atoms with van der Waals surface area (Å²) in [5.74, 6) is 0.664. The van der Waals surface area contributed by atoms with Crippen LogP contribution in [0, 0.1) is 0 Å². The third-order valence-electron chi connectivity index (χ3n) is 7.01. The highest BCUT2D eigenvalue weighted by Crippen LogP contribution is 2.22. The maximum Gasteiger partial charge on any atom is 0.326 e. The minimum absolute atomic E-state index is 0.117. The Morgan fingerprint density at radius 3 is 3.06 bits per heavy atom. The van der Waals surface area contributed by atoms with Gasteiger partial charge >= 0.3 is 5.97 Å². The van der Waals surface area contributed by atoms with Crippen molar-refractivity contribution in [1.29, 1.82) is 0 Å². The van der Waals surface area contributed by atoms with Crippen LogP contribution in [0.1, 0.15) is 36.9 Å². The van der Waals surface area contributed by atoms with Gasteiger partial charge in [0.25, 0.3) is 0 Å². The van der Waals surface area contributed by atoms with Crippen molar-refractivity contribution in [2.75, 3.05) is 43.4 Å². The van der Waals surface area contributed by atoms with E-state index < -0.39 is 12.0 Å². The quantitative estimate of drug-likeness (QED) is 0.394. The fourth-order valence-electron chi connectivity index (χ4n) is 5.03. The van der Waals surface area contributed by atoms with E-state index >= 15 is 0 Å². The molecule has 0 aliphatic carbocycles. The molecular weight excluding hydrogens is 456 g/mol. The summed E-state index contributed by atoms with van der Waals surface area (Å²) in [6.45, 7) is 4.26. The molecule has 0 bridgehead atoms. The van der Waals surface area contributed by atoms with E-state index in [1.165, 1.54) is 18.3 Å². The first-order chi connectivity index (χ1) is 17.7. The van der Waals surface area contributed by atoms with Gasteiger partial charge in [-0.15, -0.1) is 0 Å². The van der Waals surface area contributed by atoms with Crippen LogP contribution in [0.25, 0.3) is 10.9 Å². The summed E-state index contributed by atoms with van der Waals surface area (Å²) in [7, 11) is 0. The number of anilines is 2. The number of aromatic nitrogens is 3. The average Bonchev–Trinajstić information content (AvgIpc) is 2.91. The van der Waals surface area contributed by atoms with E-state index in [-0.39, 0.29) is 6.10 Å². The third-order valence-corrected chi connectivity index (χ3v) is 7.01. The van der Waals surface area contributed by atoms with Crippen molar-refractivity contribution in [3.63, 3.8) is 0 Å². The van der Waals surface area contributed by atoms with Crippen molar-refractivity contribution in [2.45, 2.75) is 50.7 Å². The zero-order valence-electron chi connectivity index (χ0n) is 20.5. The normalized spacial score (nSPS) is 18.8. The number of nitrogens with zero attached hydrogens (tertiary/aromatic N) is 4. The number of hydrogen-bond donors (Lipinski definition) is 3. The van der Waals surface area contributed by atoms with Gasteiger partial charge in [0, 0.05) is 50.2 Å². The lowest BCUT2D eigenvalue weighted by molar-refractivity contribution is -0.138. The average molecular weight is 491 g/mol. The first-order valence-electron chi connectivity index (χ1n) is 12.9. The van der Waals surface area contributed by atoms with E-state index in [9.17, 15) is 9.90 Å². The van der Waals surface area contributed by atoms with E-state index in [0.29, 0.717) is 18.8 Å². The van der Waals surface area contributed by atoms with E-state index in [1.807, 2.05) is 24.3 Å². The van der Waals surface area contributed by atoms with Crippen molar-refractivity contribution < 1.29 is 14.6 Å². The molecule has 0 spiro atoms. The number of piperidine rings is 1. The molecular formula is C27H34N6O3. The highest BCUT2D eigenvalue weighted by atomic mass is 16.5. The number of carboxylic acid groups (broad SMARTS) is 1. The molecule has 5 rings (SSSR count). The number of aliphatic carboxylic acids is 1. The number of hydrogen-bond acceptors (Lipinski definition) is 8. The molecule has 0 radical (unpaired) electrons. The number of ether oxygens (including phenoxy) is 1. The smallest absolute Gasteiger partial charge is 0.326 e. The van der Waals surface area contributed by atoms with Crippen LogP contribution in [0.15, 0.2) is 42.7 Å². The summed E-state index contributed by atoms with van der Waals surface area (Å²) in [6.07, 6.45) is 7.20. The highest BCUT2D eigenvalue weighted by Gasteiger charge is 2.23. The fraction of sp³-hybridized carbons (Fsp3) is 0.481. The molecule has 4 heterocycles. The summed E-state index contributed by atoms with van der Waals surface area (Å²) >= 11 is 0. The minimum atomic E-state index is -0.918. The molecule has 190 valence electrons. The summed E-state index contributed by atoms with van der Waals surface area (Å²) in [4.78, 5) is 27.7. The molecule has 36 heavy (non-hydrogen) atoms. The topological polar surface area (TPSA) is 112 Å². The molecule has 9 nitrogen and oxygen atoms in total. The second-order valence-electron chi connectivity index (χ2n) is 9.59. The molecule has 3 aromatic rings. The molecule has 0 saturated carbocycles. The molecule has 0 amide bonds. The van der Waals surface area contributed by atoms with Gasteiger partial charge in [0.15, 0.2) is 0 Å². The number of rotatable bonds is 10. The Bertz CT molecular complexity index is 1180. The minimum Gasteiger partial charge on any atom is -0.480 e. The Morgan fingerprint density at radius 1 is 1.22 bits per heavy atom. The second-order valence-corrected chi connectivity index (χ2v) is 9.59. The monoisotopic (exact) mass is 490 g/mol. The summed E-state index contributed by atoms with van der Waals surface area (Å²) in [6, 6.07) is 11.1. The van der Waals surface area contributed by atoms with Gasteiger partial charge < -0.3 is 25.4 Å². The fourth-order valence-corrected chi connectivity index (χ4v) is 5.03. The van der Waals surface area contributed by atoms with Gasteiger partial charge in [-0.1, -0.05) is 18.2 Å². The lowest BCUT2D eigenvalue weighted by Gasteiger charge is -2.32. The molecule has 9 heteroatoms. The van der Waals surface area contributed by atoms with Crippen LogP contribution in [0.2, 0.25) is 0 Å². The Morgan fingerprint density at radius 2 is 2.14 bits per heavy atom. The number of likely N-dealkylation sites (tertiary alicyclic amines) is 1. The number of fused-ring (bicyclic) bond motifs is 2. The Labute approximate surface area is 211 Å². The number of carboxylic acids is 1. The van der Waals surface area contributed by atoms with Gasteiger partial charge in [0.1, 0.15) is 24.0 Å². The first kappa shape index (κ1) is 24.4. The highest BCUT2D eigenvalue weighted by molar-refractivity contribution is 5.90. The lowest BCUT2D eigenvalue weighted by Crippen LogP contribution is -2.41. The first-order valence-corrected chi connectivity index (χ1v) is 12.9. The zero-order chi connectivity index (χ0) is 24.7. The van der Waals surface area contributed by atoms with Crippen molar-refractivity contribution in [2.24, 2.45) is 0 Å². The molecule has 3 N–H and O–H groups in total. The van der Waals surface area contributed by atoms with E-state index in [0.717, 1.165) is 74.3 Å². The van der Waals surface area contributed by atoms with Crippen molar-refractivity contribution in [1.82, 2.24) is 19.9 Å². The van der Waals surface area contributed by atoms with Gasteiger partial charge in [0.05, 0.1) is 11.6 Å². The van der Waals surface area contributed by atoms with E-state index in [1.54, 1.807) is 0 Å². The number of nitrogens with one attached hydrogen (secondary N) is 2. The van der Waals surface area contributed by atoms with Crippen LogP contribution in [0.4, 0.5) is 11.6 Å². The van der Waals surface area contributed by atoms with Crippen LogP contribution >= 0.6 is 0 Å². The van der Waals surface area contributed by atoms with Gasteiger partial charge in [-0.25, -0.2) is 19.7 Å². The predicted molar refractivity (Wildman–Crippen MR) is 139 cm³/mol. The summed E-state index contributed by atoms with van der Waals surface area (Å²) in [5, 5.41) is 17.1. The van der Waals surface area contributed by atoms with E-state index in [4.69, 9.17) is 9.72 Å². The van der Waals surface area contributed by atoms with Crippen molar-refractivity contribution >= 4 is 28.5 Å². The Hall–Kier alpha value is -3.30. The standard InChI is InChI=1S/C27H34N6O3/c34-27(35)24(32-26-22-7-1-2-8-23(22)29-18-30-26)12-16-36-21-6-4-14-33(17-21)15-11-20-10-9-19-5-3-13-28-25(19)31-20/h1-2,7-10,18,21,24H,3-6,11-17H2,(H,28,31)(H,34,35)(H,29,30,32)/t21-,24+/m1/s1. The van der Waals surface area contributed by atoms with Gasteiger partial charge in [-0.2, -0.15) is 0 Å². The van der Waals surface area contributed by atoms with Gasteiger partial charge in [0.2, 0.25) is 0 Å². The molecule has 1 saturated heterocycles. The SMILES string of the molecule is O=C(O)[C@H](CCO[C@@H]1CCCN(CCc2ccc3c(n2)NCCC3)C1)Nc1ncnc2ccccc12. The van der Waals surface area contributed by atoms with Crippen molar-refractivity contribution in [3.05, 3.63) is 54.0 Å². The molecule has 0 unspecified atom stereocenters. The molecule has 1 aromatic carbocycles. The summed E-state index contributed by atoms with van der Waals surface area (Å²) in [5.41, 5.74) is 3.22. The number of para-hydroxylation sites is 1. The third kappa shape index (κ3) is 6.09. The Kier molecular flexibility index (Phi) is 7.88. The number of benzene rings is 1. The maximum absolute atomic E-state index is 11.9. The van der Waals surface area contributed by atoms with Gasteiger partial charge in [-0.05, 0) is 56.0 Å². The molecule has 2 aliphatic heterocycles. The molecule has 1 fully saturated rings. The zero-order valence-corrected chi connectivity index (χ0v) is 20.5.